The third-order valence-corrected chi connectivity index (χ3v) is 4.34. The molecule has 0 atom stereocenters. The third-order valence-electron chi connectivity index (χ3n) is 4.34. The monoisotopic (exact) mass is 321 g/mol. The van der Waals surface area contributed by atoms with Crippen molar-refractivity contribution in [2.45, 2.75) is 26.7 Å². The maximum Gasteiger partial charge on any atom is 0.0963 e. The summed E-state index contributed by atoms with van der Waals surface area (Å²) in [5.74, 6) is 0. The molecule has 0 aromatic heterocycles. The van der Waals surface area contributed by atoms with Gasteiger partial charge in [0.25, 0.3) is 0 Å². The Hall–Kier alpha value is -2.31. The summed E-state index contributed by atoms with van der Waals surface area (Å²) < 4.78 is 0. The molecular formula is C21H27N3. The molecule has 2 rings (SSSR count). The largest absolute Gasteiger partial charge is 0.378 e. The average Bonchev–Trinajstić information content (AvgIpc) is 2.53. The summed E-state index contributed by atoms with van der Waals surface area (Å²) in [4.78, 5) is 2.09. The zero-order valence-electron chi connectivity index (χ0n) is 15.1. The van der Waals surface area contributed by atoms with E-state index in [1.165, 1.54) is 16.8 Å². The first-order valence-corrected chi connectivity index (χ1v) is 8.33. The number of anilines is 1. The number of nitrogens with two attached hydrogens (primary N) is 1. The summed E-state index contributed by atoms with van der Waals surface area (Å²) in [6, 6.07) is 10.7. The fraction of sp³-hybridized carbons (Fsp3) is 0.381. The van der Waals surface area contributed by atoms with Crippen molar-refractivity contribution in [3.63, 3.8) is 0 Å². The minimum Gasteiger partial charge on any atom is -0.378 e. The first-order valence-electron chi connectivity index (χ1n) is 8.33. The van der Waals surface area contributed by atoms with Crippen LogP contribution in [0.5, 0.6) is 0 Å². The van der Waals surface area contributed by atoms with E-state index in [2.05, 4.69) is 67.3 Å². The summed E-state index contributed by atoms with van der Waals surface area (Å²) >= 11 is 0. The van der Waals surface area contributed by atoms with Crippen LogP contribution in [0.3, 0.4) is 0 Å². The van der Waals surface area contributed by atoms with Crippen molar-refractivity contribution in [2.24, 2.45) is 11.1 Å². The molecule has 1 aromatic rings. The van der Waals surface area contributed by atoms with Gasteiger partial charge in [0.05, 0.1) is 6.07 Å². The molecule has 0 spiro atoms. The predicted octanol–water partition coefficient (Wildman–Crippen LogP) is 4.29. The Balaban J connectivity index is 2.26. The van der Waals surface area contributed by atoms with Crippen molar-refractivity contribution >= 4 is 11.8 Å². The average molecular weight is 321 g/mol. The van der Waals surface area contributed by atoms with E-state index in [4.69, 9.17) is 5.73 Å². The van der Waals surface area contributed by atoms with Gasteiger partial charge in [-0.25, -0.2) is 0 Å². The van der Waals surface area contributed by atoms with Gasteiger partial charge in [-0.1, -0.05) is 44.2 Å². The molecule has 126 valence electrons. The predicted molar refractivity (Wildman–Crippen MR) is 103 cm³/mol. The van der Waals surface area contributed by atoms with Gasteiger partial charge in [0.15, 0.2) is 0 Å². The minimum atomic E-state index is 0.149. The first kappa shape index (κ1) is 18.0. The molecule has 0 radical (unpaired) electrons. The zero-order valence-corrected chi connectivity index (χ0v) is 15.1. The number of hydrogen-bond acceptors (Lipinski definition) is 3. The zero-order chi connectivity index (χ0) is 17.7. The van der Waals surface area contributed by atoms with Crippen molar-refractivity contribution in [2.75, 3.05) is 25.5 Å². The highest BCUT2D eigenvalue weighted by atomic mass is 15.1. The quantitative estimate of drug-likeness (QED) is 0.842. The van der Waals surface area contributed by atoms with Crippen LogP contribution in [0.4, 0.5) is 5.69 Å². The number of hydrogen-bond donors (Lipinski definition) is 1. The summed E-state index contributed by atoms with van der Waals surface area (Å²) in [5, 5.41) is 9.27. The molecule has 0 fully saturated rings. The van der Waals surface area contributed by atoms with E-state index in [0.29, 0.717) is 12.1 Å². The Bertz CT molecular complexity index is 710. The van der Waals surface area contributed by atoms with Crippen molar-refractivity contribution in [3.8, 4) is 6.07 Å². The lowest BCUT2D eigenvalue weighted by Gasteiger charge is -2.31. The molecule has 0 aliphatic heterocycles. The van der Waals surface area contributed by atoms with E-state index in [1.807, 2.05) is 14.1 Å². The van der Waals surface area contributed by atoms with Gasteiger partial charge < -0.3 is 10.6 Å². The van der Waals surface area contributed by atoms with Crippen molar-refractivity contribution in [1.29, 1.82) is 5.26 Å². The number of nitrogens with zero attached hydrogens (tertiary/aromatic N) is 2. The smallest absolute Gasteiger partial charge is 0.0963 e. The van der Waals surface area contributed by atoms with E-state index in [1.54, 1.807) is 0 Å². The molecular weight excluding hydrogens is 294 g/mol. The van der Waals surface area contributed by atoms with Gasteiger partial charge in [-0.15, -0.1) is 0 Å². The highest BCUT2D eigenvalue weighted by Crippen LogP contribution is 2.39. The van der Waals surface area contributed by atoms with Crippen LogP contribution in [-0.2, 0) is 0 Å². The molecule has 3 nitrogen and oxygen atoms in total. The Labute approximate surface area is 145 Å². The molecule has 1 aromatic carbocycles. The Morgan fingerprint density at radius 3 is 2.42 bits per heavy atom. The summed E-state index contributed by atoms with van der Waals surface area (Å²) in [7, 11) is 4.08. The fourth-order valence-electron chi connectivity index (χ4n) is 3.09. The fourth-order valence-corrected chi connectivity index (χ4v) is 3.09. The van der Waals surface area contributed by atoms with E-state index in [0.717, 1.165) is 18.4 Å². The van der Waals surface area contributed by atoms with E-state index in [9.17, 15) is 5.26 Å². The maximum atomic E-state index is 9.27. The molecule has 0 amide bonds. The Kier molecular flexibility index (Phi) is 5.64. The van der Waals surface area contributed by atoms with E-state index in [-0.39, 0.29) is 5.41 Å². The molecule has 0 heterocycles. The minimum absolute atomic E-state index is 0.149. The van der Waals surface area contributed by atoms with Crippen molar-refractivity contribution in [1.82, 2.24) is 0 Å². The molecule has 24 heavy (non-hydrogen) atoms. The normalized spacial score (nSPS) is 18.9. The number of rotatable bonds is 4. The second kappa shape index (κ2) is 7.51. The molecule has 0 saturated carbocycles. The highest BCUT2D eigenvalue weighted by Gasteiger charge is 2.25. The van der Waals surface area contributed by atoms with Gasteiger partial charge in [0.2, 0.25) is 0 Å². The summed E-state index contributed by atoms with van der Waals surface area (Å²) in [5.41, 5.74) is 11.3. The lowest BCUT2D eigenvalue weighted by atomic mass is 9.74. The van der Waals surface area contributed by atoms with Gasteiger partial charge in [-0.3, -0.25) is 0 Å². The van der Waals surface area contributed by atoms with Gasteiger partial charge in [-0.05, 0) is 47.1 Å². The first-order chi connectivity index (χ1) is 11.3. The second-order valence-electron chi connectivity index (χ2n) is 7.38. The maximum absolute atomic E-state index is 9.27. The highest BCUT2D eigenvalue weighted by molar-refractivity contribution is 5.58. The van der Waals surface area contributed by atoms with Crippen LogP contribution >= 0.6 is 0 Å². The Morgan fingerprint density at radius 1 is 1.21 bits per heavy atom. The molecule has 3 heteroatoms. The second-order valence-corrected chi connectivity index (χ2v) is 7.38. The van der Waals surface area contributed by atoms with Gasteiger partial charge >= 0.3 is 0 Å². The van der Waals surface area contributed by atoms with E-state index >= 15 is 0 Å². The van der Waals surface area contributed by atoms with Crippen molar-refractivity contribution < 1.29 is 0 Å². The molecule has 1 aliphatic carbocycles. The number of allylic oxidation sites excluding steroid dienone is 4. The Morgan fingerprint density at radius 2 is 1.88 bits per heavy atom. The van der Waals surface area contributed by atoms with Crippen LogP contribution in [0.25, 0.3) is 6.08 Å². The summed E-state index contributed by atoms with van der Waals surface area (Å²) in [6.07, 6.45) is 8.35. The van der Waals surface area contributed by atoms with Gasteiger partial charge in [0, 0.05) is 31.9 Å². The molecule has 0 saturated heterocycles. The van der Waals surface area contributed by atoms with Gasteiger partial charge in [0.1, 0.15) is 0 Å². The molecule has 0 bridgehead atoms. The van der Waals surface area contributed by atoms with Crippen molar-refractivity contribution in [3.05, 3.63) is 58.7 Å². The molecule has 0 unspecified atom stereocenters. The summed E-state index contributed by atoms with van der Waals surface area (Å²) in [6.45, 7) is 4.79. The lowest BCUT2D eigenvalue weighted by molar-refractivity contribution is 0.354. The van der Waals surface area contributed by atoms with E-state index < -0.39 is 0 Å². The van der Waals surface area contributed by atoms with Crippen LogP contribution in [0.15, 0.2) is 53.1 Å². The van der Waals surface area contributed by atoms with Crippen LogP contribution in [0, 0.1) is 16.7 Å². The third kappa shape index (κ3) is 4.59. The van der Waals surface area contributed by atoms with Crippen LogP contribution < -0.4 is 10.6 Å². The standard InChI is InChI=1S/C21H27N3/c1-21(2)12-17(11-18(13-21)19(14-22)15-23)6-5-16-7-9-20(10-8-16)24(3)4/h5-11H,12-14,22H2,1-4H3. The molecule has 2 N–H and O–H groups in total. The SMILES string of the molecule is CN(C)c1ccc(C=CC2=CC(=C(C#N)CN)CC(C)(C)C2)cc1. The topological polar surface area (TPSA) is 53.0 Å². The van der Waals surface area contributed by atoms with Crippen LogP contribution in [0.1, 0.15) is 32.3 Å². The number of nitriles is 1. The lowest BCUT2D eigenvalue weighted by Crippen LogP contribution is -2.19. The van der Waals surface area contributed by atoms with Crippen LogP contribution in [0.2, 0.25) is 0 Å². The van der Waals surface area contributed by atoms with Crippen LogP contribution in [-0.4, -0.2) is 20.6 Å². The molecule has 1 aliphatic rings. The number of benzene rings is 1. The van der Waals surface area contributed by atoms with Gasteiger partial charge in [-0.2, -0.15) is 5.26 Å².